The van der Waals surface area contributed by atoms with Gasteiger partial charge in [0.15, 0.2) is 6.10 Å². The van der Waals surface area contributed by atoms with Crippen LogP contribution in [-0.4, -0.2) is 32.2 Å². The number of hydroxylamine groups is 2. The summed E-state index contributed by atoms with van der Waals surface area (Å²) in [6.45, 7) is 0. The molecule has 0 aromatic heterocycles. The number of hydrogen-bond donors (Lipinski definition) is 2. The van der Waals surface area contributed by atoms with Crippen LogP contribution in [-0.2, 0) is 14.4 Å². The van der Waals surface area contributed by atoms with Crippen molar-refractivity contribution >= 4 is 11.6 Å². The Labute approximate surface area is 117 Å². The Morgan fingerprint density at radius 2 is 2.00 bits per heavy atom. The summed E-state index contributed by atoms with van der Waals surface area (Å²) in [4.78, 5) is 17.0. The number of nitrogens with one attached hydrogen (secondary N) is 2. The lowest BCUT2D eigenvalue weighted by molar-refractivity contribution is -0.179. The van der Waals surface area contributed by atoms with Crippen molar-refractivity contribution in [3.63, 3.8) is 0 Å². The highest BCUT2D eigenvalue weighted by atomic mass is 16.7. The summed E-state index contributed by atoms with van der Waals surface area (Å²) in [5.74, 6) is -0.261. The second kappa shape index (κ2) is 6.38. The summed E-state index contributed by atoms with van der Waals surface area (Å²) in [6, 6.07) is 7.48. The molecule has 0 aliphatic carbocycles. The van der Waals surface area contributed by atoms with E-state index in [0.29, 0.717) is 0 Å². The van der Waals surface area contributed by atoms with E-state index in [0.717, 1.165) is 16.3 Å². The van der Waals surface area contributed by atoms with Gasteiger partial charge in [0, 0.05) is 26.6 Å². The average Bonchev–Trinajstić information content (AvgIpc) is 3.02. The van der Waals surface area contributed by atoms with E-state index in [2.05, 4.69) is 11.0 Å². The minimum Gasteiger partial charge on any atom is -0.367 e. The number of ether oxygens (including phenoxy) is 1. The maximum atomic E-state index is 12.1. The van der Waals surface area contributed by atoms with Crippen LogP contribution >= 0.6 is 0 Å². The molecular formula is C13H18N4O3. The Kier molecular flexibility index (Phi) is 4.57. The number of carbonyl (C=O) groups is 1. The number of anilines is 1. The van der Waals surface area contributed by atoms with Crippen molar-refractivity contribution in [2.75, 3.05) is 26.3 Å². The molecule has 0 bridgehead atoms. The second-order valence-electron chi connectivity index (χ2n) is 4.17. The van der Waals surface area contributed by atoms with E-state index in [1.54, 1.807) is 13.2 Å². The van der Waals surface area contributed by atoms with E-state index in [1.807, 2.05) is 35.5 Å². The number of hydrogen-bond acceptors (Lipinski definition) is 6. The Bertz CT molecular complexity index is 489. The molecule has 1 aromatic rings. The molecule has 0 saturated heterocycles. The molecule has 0 saturated carbocycles. The fraction of sp³-hybridized carbons (Fsp3) is 0.308. The van der Waals surface area contributed by atoms with E-state index in [1.165, 1.54) is 14.2 Å². The third-order valence-corrected chi connectivity index (χ3v) is 3.01. The zero-order valence-electron chi connectivity index (χ0n) is 11.7. The van der Waals surface area contributed by atoms with Crippen molar-refractivity contribution in [1.29, 1.82) is 0 Å². The predicted octanol–water partition coefficient (Wildman–Crippen LogP) is 0.694. The predicted molar refractivity (Wildman–Crippen MR) is 73.9 cm³/mol. The Morgan fingerprint density at radius 1 is 1.30 bits per heavy atom. The molecule has 20 heavy (non-hydrogen) atoms. The minimum absolute atomic E-state index is 0.261. The molecule has 7 heteroatoms. The van der Waals surface area contributed by atoms with Crippen molar-refractivity contribution < 1.29 is 14.4 Å². The van der Waals surface area contributed by atoms with Crippen LogP contribution in [0.5, 0.6) is 0 Å². The lowest BCUT2D eigenvalue weighted by Gasteiger charge is -2.21. The highest BCUT2D eigenvalue weighted by Crippen LogP contribution is 2.22. The number of methoxy groups -OCH3 is 1. The summed E-state index contributed by atoms with van der Waals surface area (Å²) >= 11 is 0. The first-order valence-electron chi connectivity index (χ1n) is 6.09. The average molecular weight is 278 g/mol. The molecule has 0 spiro atoms. The van der Waals surface area contributed by atoms with Crippen LogP contribution in [0.15, 0.2) is 36.7 Å². The van der Waals surface area contributed by atoms with Crippen molar-refractivity contribution in [2.24, 2.45) is 0 Å². The van der Waals surface area contributed by atoms with Crippen molar-refractivity contribution in [3.8, 4) is 0 Å². The Hall–Kier alpha value is -2.09. The van der Waals surface area contributed by atoms with Crippen LogP contribution in [0.3, 0.4) is 0 Å². The van der Waals surface area contributed by atoms with Crippen molar-refractivity contribution in [3.05, 3.63) is 42.2 Å². The fourth-order valence-electron chi connectivity index (χ4n) is 1.85. The molecule has 0 fully saturated rings. The summed E-state index contributed by atoms with van der Waals surface area (Å²) < 4.78 is 5.26. The molecule has 1 aromatic carbocycles. The number of carbonyl (C=O) groups excluding carboxylic acids is 1. The molecule has 7 nitrogen and oxygen atoms in total. The van der Waals surface area contributed by atoms with Gasteiger partial charge in [-0.2, -0.15) is 0 Å². The van der Waals surface area contributed by atoms with Crippen LogP contribution in [0.2, 0.25) is 0 Å². The Balaban J connectivity index is 2.14. The third-order valence-electron chi connectivity index (χ3n) is 3.01. The zero-order valence-corrected chi connectivity index (χ0v) is 11.7. The Morgan fingerprint density at radius 3 is 2.50 bits per heavy atom. The van der Waals surface area contributed by atoms with E-state index >= 15 is 0 Å². The lowest BCUT2D eigenvalue weighted by Crippen LogP contribution is -2.35. The summed E-state index contributed by atoms with van der Waals surface area (Å²) in [5, 5.41) is 2.96. The van der Waals surface area contributed by atoms with Gasteiger partial charge in [0.25, 0.3) is 5.91 Å². The molecule has 2 N–H and O–H groups in total. The summed E-state index contributed by atoms with van der Waals surface area (Å²) in [7, 11) is 4.48. The smallest absolute Gasteiger partial charge is 0.279 e. The topological polar surface area (TPSA) is 66.1 Å². The summed E-state index contributed by atoms with van der Waals surface area (Å²) in [5.41, 5.74) is 7.49. The molecule has 1 aliphatic heterocycles. The highest BCUT2D eigenvalue weighted by molar-refractivity contribution is 5.81. The van der Waals surface area contributed by atoms with E-state index in [4.69, 9.17) is 9.57 Å². The second-order valence-corrected chi connectivity index (χ2v) is 4.17. The van der Waals surface area contributed by atoms with Gasteiger partial charge in [0.2, 0.25) is 0 Å². The molecule has 1 atom stereocenters. The van der Waals surface area contributed by atoms with Crippen molar-refractivity contribution in [1.82, 2.24) is 16.0 Å². The lowest BCUT2D eigenvalue weighted by atomic mass is 10.1. The molecule has 108 valence electrons. The normalized spacial score (nSPS) is 15.1. The largest absolute Gasteiger partial charge is 0.367 e. The van der Waals surface area contributed by atoms with Gasteiger partial charge in [0.05, 0.1) is 12.8 Å². The van der Waals surface area contributed by atoms with E-state index in [-0.39, 0.29) is 5.91 Å². The minimum atomic E-state index is -0.686. The van der Waals surface area contributed by atoms with Crippen LogP contribution in [0.25, 0.3) is 0 Å². The van der Waals surface area contributed by atoms with Crippen LogP contribution in [0, 0.1) is 0 Å². The van der Waals surface area contributed by atoms with Gasteiger partial charge in [-0.1, -0.05) is 12.1 Å². The van der Waals surface area contributed by atoms with Gasteiger partial charge in [0.1, 0.15) is 0 Å². The van der Waals surface area contributed by atoms with Crippen molar-refractivity contribution in [2.45, 2.75) is 6.10 Å². The van der Waals surface area contributed by atoms with Crippen LogP contribution in [0.1, 0.15) is 11.7 Å². The quantitative estimate of drug-likeness (QED) is 0.773. The number of rotatable bonds is 5. The number of likely N-dealkylation sites (N-methyl/N-ethyl adjacent to an activating group) is 1. The van der Waals surface area contributed by atoms with Gasteiger partial charge < -0.3 is 10.2 Å². The van der Waals surface area contributed by atoms with Gasteiger partial charge in [-0.05, 0) is 17.7 Å². The first-order chi connectivity index (χ1) is 9.67. The maximum Gasteiger partial charge on any atom is 0.279 e. The fourth-order valence-corrected chi connectivity index (χ4v) is 1.85. The molecule has 0 radical (unpaired) electrons. The van der Waals surface area contributed by atoms with Gasteiger partial charge in [-0.15, -0.1) is 5.53 Å². The first kappa shape index (κ1) is 14.3. The van der Waals surface area contributed by atoms with E-state index in [9.17, 15) is 4.79 Å². The standard InChI is InChI=1S/C13H18N4O3/c1-16(20-3)13(18)12(19-2)10-4-6-11(7-5-10)17-9-8-14-15-17/h4-9,12,14-15H,1-3H3. The number of nitrogens with zero attached hydrogens (tertiary/aromatic N) is 2. The molecule has 1 heterocycles. The van der Waals surface area contributed by atoms with Gasteiger partial charge in [-0.25, -0.2) is 5.06 Å². The monoisotopic (exact) mass is 278 g/mol. The third kappa shape index (κ3) is 2.90. The SMILES string of the molecule is COC(C(=O)N(C)OC)c1ccc(N2C=CNN2)cc1. The number of hydrazine groups is 2. The summed E-state index contributed by atoms with van der Waals surface area (Å²) in [6.07, 6.45) is 2.95. The van der Waals surface area contributed by atoms with Crippen LogP contribution < -0.4 is 16.0 Å². The molecule has 1 aliphatic rings. The van der Waals surface area contributed by atoms with Gasteiger partial charge >= 0.3 is 0 Å². The number of amides is 1. The maximum absolute atomic E-state index is 12.1. The molecule has 1 unspecified atom stereocenters. The molecule has 2 rings (SSSR count). The van der Waals surface area contributed by atoms with Crippen LogP contribution in [0.4, 0.5) is 5.69 Å². The highest BCUT2D eigenvalue weighted by Gasteiger charge is 2.24. The first-order valence-corrected chi connectivity index (χ1v) is 6.09. The number of benzene rings is 1. The molecule has 1 amide bonds. The van der Waals surface area contributed by atoms with E-state index < -0.39 is 6.10 Å². The molecular weight excluding hydrogens is 260 g/mol. The van der Waals surface area contributed by atoms with Gasteiger partial charge in [-0.3, -0.25) is 14.6 Å². The zero-order chi connectivity index (χ0) is 14.5.